The van der Waals surface area contributed by atoms with Crippen molar-refractivity contribution in [2.75, 3.05) is 0 Å². The van der Waals surface area contributed by atoms with E-state index in [4.69, 9.17) is 11.6 Å². The number of carbonyl (C=O) groups excluding carboxylic acids is 1. The van der Waals surface area contributed by atoms with Crippen molar-refractivity contribution in [1.29, 1.82) is 0 Å². The first-order valence-electron chi connectivity index (χ1n) is 4.63. The fourth-order valence-corrected chi connectivity index (χ4v) is 2.16. The van der Waals surface area contributed by atoms with E-state index >= 15 is 0 Å². The smallest absolute Gasteiger partial charge is 0.152 e. The molecule has 2 nitrogen and oxygen atoms in total. The van der Waals surface area contributed by atoms with Gasteiger partial charge in [-0.3, -0.25) is 4.79 Å². The molecule has 2 rings (SSSR count). The number of pyridine rings is 1. The number of benzene rings is 1. The fourth-order valence-electron chi connectivity index (χ4n) is 1.19. The number of hydrogen-bond donors (Lipinski definition) is 0. The summed E-state index contributed by atoms with van der Waals surface area (Å²) >= 11 is 7.24. The summed E-state index contributed by atoms with van der Waals surface area (Å²) in [5.41, 5.74) is 0.599. The summed E-state index contributed by atoms with van der Waals surface area (Å²) in [7, 11) is 0. The van der Waals surface area contributed by atoms with Crippen LogP contribution in [0.15, 0.2) is 52.5 Å². The van der Waals surface area contributed by atoms with Crippen LogP contribution >= 0.6 is 23.4 Å². The van der Waals surface area contributed by atoms with Gasteiger partial charge in [0.15, 0.2) is 6.29 Å². The molecule has 0 aliphatic heterocycles. The number of rotatable bonds is 3. The predicted molar refractivity (Wildman–Crippen MR) is 65.2 cm³/mol. The molecule has 0 spiro atoms. The van der Waals surface area contributed by atoms with Gasteiger partial charge in [0, 0.05) is 21.7 Å². The molecule has 0 N–H and O–H groups in total. The molecule has 16 heavy (non-hydrogen) atoms. The molecule has 0 amide bonds. The third-order valence-corrected chi connectivity index (χ3v) is 3.25. The van der Waals surface area contributed by atoms with Gasteiger partial charge in [0.25, 0.3) is 0 Å². The molecule has 4 heteroatoms. The van der Waals surface area contributed by atoms with Gasteiger partial charge in [0.2, 0.25) is 0 Å². The molecular formula is C12H8ClNOS. The van der Waals surface area contributed by atoms with Crippen LogP contribution in [0.1, 0.15) is 10.4 Å². The average molecular weight is 250 g/mol. The van der Waals surface area contributed by atoms with Crippen molar-refractivity contribution in [2.45, 2.75) is 9.92 Å². The van der Waals surface area contributed by atoms with Crippen molar-refractivity contribution in [3.63, 3.8) is 0 Å². The summed E-state index contributed by atoms with van der Waals surface area (Å²) in [5.74, 6) is 0. The summed E-state index contributed by atoms with van der Waals surface area (Å²) in [5, 5.41) is 1.40. The zero-order valence-electron chi connectivity index (χ0n) is 8.26. The van der Waals surface area contributed by atoms with Crippen LogP contribution in [-0.2, 0) is 0 Å². The predicted octanol–water partition coefficient (Wildman–Crippen LogP) is 3.70. The Labute approximate surface area is 103 Å². The van der Waals surface area contributed by atoms with E-state index in [1.54, 1.807) is 18.3 Å². The van der Waals surface area contributed by atoms with Gasteiger partial charge in [-0.2, -0.15) is 0 Å². The molecule has 0 unspecified atom stereocenters. The maximum absolute atomic E-state index is 10.8. The van der Waals surface area contributed by atoms with Gasteiger partial charge in [-0.1, -0.05) is 23.4 Å². The maximum Gasteiger partial charge on any atom is 0.152 e. The van der Waals surface area contributed by atoms with Crippen molar-refractivity contribution in [2.24, 2.45) is 0 Å². The Morgan fingerprint density at radius 2 is 1.94 bits per heavy atom. The number of halogens is 1. The lowest BCUT2D eigenvalue weighted by Crippen LogP contribution is -1.87. The normalized spacial score (nSPS) is 10.1. The van der Waals surface area contributed by atoms with Crippen molar-refractivity contribution in [3.8, 4) is 0 Å². The minimum atomic E-state index is 0.599. The number of aromatic nitrogens is 1. The molecule has 0 saturated carbocycles. The highest BCUT2D eigenvalue weighted by atomic mass is 35.5. The van der Waals surface area contributed by atoms with E-state index in [0.29, 0.717) is 15.6 Å². The zero-order chi connectivity index (χ0) is 11.4. The quantitative estimate of drug-likeness (QED) is 0.777. The number of hydrogen-bond acceptors (Lipinski definition) is 3. The average Bonchev–Trinajstić information content (AvgIpc) is 2.33. The highest BCUT2D eigenvalue weighted by Crippen LogP contribution is 2.28. The molecule has 0 bridgehead atoms. The van der Waals surface area contributed by atoms with E-state index in [0.717, 1.165) is 11.2 Å². The van der Waals surface area contributed by atoms with E-state index in [2.05, 4.69) is 4.98 Å². The van der Waals surface area contributed by atoms with Crippen LogP contribution in [0.2, 0.25) is 5.02 Å². The Kier molecular flexibility index (Phi) is 3.59. The van der Waals surface area contributed by atoms with Gasteiger partial charge in [0.05, 0.1) is 0 Å². The third kappa shape index (κ3) is 2.62. The Hall–Kier alpha value is -1.32. The van der Waals surface area contributed by atoms with Gasteiger partial charge in [-0.25, -0.2) is 4.98 Å². The lowest BCUT2D eigenvalue weighted by Gasteiger charge is -2.02. The van der Waals surface area contributed by atoms with Crippen LogP contribution in [0.25, 0.3) is 0 Å². The molecular weight excluding hydrogens is 242 g/mol. The minimum absolute atomic E-state index is 0.599. The molecule has 0 fully saturated rings. The first-order valence-corrected chi connectivity index (χ1v) is 5.82. The molecule has 0 radical (unpaired) electrons. The zero-order valence-corrected chi connectivity index (χ0v) is 9.83. The Morgan fingerprint density at radius 1 is 1.19 bits per heavy atom. The molecule has 0 aliphatic rings. The van der Waals surface area contributed by atoms with E-state index in [1.807, 2.05) is 24.3 Å². The molecule has 0 saturated heterocycles. The molecule has 80 valence electrons. The van der Waals surface area contributed by atoms with Crippen LogP contribution in [0.4, 0.5) is 0 Å². The second kappa shape index (κ2) is 5.14. The van der Waals surface area contributed by atoms with Gasteiger partial charge >= 0.3 is 0 Å². The van der Waals surface area contributed by atoms with Gasteiger partial charge < -0.3 is 0 Å². The summed E-state index contributed by atoms with van der Waals surface area (Å²) in [6, 6.07) is 10.9. The second-order valence-corrected chi connectivity index (χ2v) is 4.57. The van der Waals surface area contributed by atoms with E-state index in [9.17, 15) is 4.79 Å². The standard InChI is InChI=1S/C12H8ClNOS/c13-10-3-5-11(6-4-10)16-12-9(8-15)2-1-7-14-12/h1-8H. The van der Waals surface area contributed by atoms with Crippen molar-refractivity contribution in [1.82, 2.24) is 4.98 Å². The Bertz CT molecular complexity index is 499. The SMILES string of the molecule is O=Cc1cccnc1Sc1ccc(Cl)cc1. The van der Waals surface area contributed by atoms with Crippen LogP contribution < -0.4 is 0 Å². The summed E-state index contributed by atoms with van der Waals surface area (Å²) in [4.78, 5) is 16.0. The van der Waals surface area contributed by atoms with Crippen LogP contribution in [0.3, 0.4) is 0 Å². The first-order chi connectivity index (χ1) is 7.79. The highest BCUT2D eigenvalue weighted by molar-refractivity contribution is 7.99. The summed E-state index contributed by atoms with van der Waals surface area (Å²) in [6.45, 7) is 0. The third-order valence-electron chi connectivity index (χ3n) is 1.96. The van der Waals surface area contributed by atoms with E-state index in [1.165, 1.54) is 11.8 Å². The lowest BCUT2D eigenvalue weighted by molar-refractivity contribution is 0.112. The van der Waals surface area contributed by atoms with Gasteiger partial charge in [-0.05, 0) is 36.4 Å². The van der Waals surface area contributed by atoms with E-state index < -0.39 is 0 Å². The Balaban J connectivity index is 2.26. The number of nitrogens with zero attached hydrogens (tertiary/aromatic N) is 1. The molecule has 0 aliphatic carbocycles. The summed E-state index contributed by atoms with van der Waals surface area (Å²) in [6.07, 6.45) is 2.48. The maximum atomic E-state index is 10.8. The molecule has 1 heterocycles. The molecule has 2 aromatic rings. The topological polar surface area (TPSA) is 30.0 Å². The Morgan fingerprint density at radius 3 is 2.62 bits per heavy atom. The van der Waals surface area contributed by atoms with Crippen LogP contribution in [0.5, 0.6) is 0 Å². The van der Waals surface area contributed by atoms with Crippen LogP contribution in [0, 0.1) is 0 Å². The largest absolute Gasteiger partial charge is 0.298 e. The van der Waals surface area contributed by atoms with Crippen molar-refractivity contribution < 1.29 is 4.79 Å². The minimum Gasteiger partial charge on any atom is -0.298 e. The summed E-state index contributed by atoms with van der Waals surface area (Å²) < 4.78 is 0. The fraction of sp³-hybridized carbons (Fsp3) is 0. The highest BCUT2D eigenvalue weighted by Gasteiger charge is 2.04. The van der Waals surface area contributed by atoms with Gasteiger partial charge in [-0.15, -0.1) is 0 Å². The van der Waals surface area contributed by atoms with Crippen molar-refractivity contribution in [3.05, 3.63) is 53.2 Å². The monoisotopic (exact) mass is 249 g/mol. The second-order valence-electron chi connectivity index (χ2n) is 3.07. The van der Waals surface area contributed by atoms with E-state index in [-0.39, 0.29) is 0 Å². The number of aldehydes is 1. The first kappa shape index (κ1) is 11.2. The van der Waals surface area contributed by atoms with Crippen LogP contribution in [-0.4, -0.2) is 11.3 Å². The molecule has 1 aromatic heterocycles. The lowest BCUT2D eigenvalue weighted by atomic mass is 10.3. The molecule has 0 atom stereocenters. The van der Waals surface area contributed by atoms with Crippen molar-refractivity contribution >= 4 is 29.6 Å². The number of carbonyl (C=O) groups is 1. The van der Waals surface area contributed by atoms with Gasteiger partial charge in [0.1, 0.15) is 5.03 Å². The molecule has 1 aromatic carbocycles.